The Bertz CT molecular complexity index is 530. The first-order chi connectivity index (χ1) is 7.22. The van der Waals surface area contributed by atoms with Gasteiger partial charge in [0.05, 0.1) is 0 Å². The van der Waals surface area contributed by atoms with Crippen molar-refractivity contribution in [3.8, 4) is 0 Å². The van der Waals surface area contributed by atoms with Crippen LogP contribution < -0.4 is 0 Å². The predicted molar refractivity (Wildman–Crippen MR) is 64.9 cm³/mol. The first kappa shape index (κ1) is 9.78. The number of allylic oxidation sites excluding steroid dienone is 2. The highest BCUT2D eigenvalue weighted by Crippen LogP contribution is 2.27. The monoisotopic (exact) mass is 198 g/mol. The molecule has 0 amide bonds. The average Bonchev–Trinajstić information content (AvgIpc) is 2.51. The van der Waals surface area contributed by atoms with Crippen LogP contribution in [0.1, 0.15) is 16.9 Å². The summed E-state index contributed by atoms with van der Waals surface area (Å²) in [7, 11) is 0. The minimum absolute atomic E-state index is 0.946. The van der Waals surface area contributed by atoms with Gasteiger partial charge in [0.25, 0.3) is 0 Å². The fourth-order valence-corrected chi connectivity index (χ4v) is 1.72. The van der Waals surface area contributed by atoms with Crippen molar-refractivity contribution in [3.63, 3.8) is 0 Å². The molecule has 1 aromatic carbocycles. The van der Waals surface area contributed by atoms with Gasteiger partial charge >= 0.3 is 0 Å². The van der Waals surface area contributed by atoms with E-state index in [0.29, 0.717) is 0 Å². The molecule has 0 aliphatic carbocycles. The molecule has 0 fully saturated rings. The molecule has 15 heavy (non-hydrogen) atoms. The van der Waals surface area contributed by atoms with Gasteiger partial charge in [-0.1, -0.05) is 36.4 Å². The second-order valence-corrected chi connectivity index (χ2v) is 3.67. The zero-order chi connectivity index (χ0) is 10.8. The highest BCUT2D eigenvalue weighted by molar-refractivity contribution is 5.89. The van der Waals surface area contributed by atoms with Crippen LogP contribution in [-0.2, 0) is 0 Å². The molecular formula is C14H14O. The van der Waals surface area contributed by atoms with Crippen LogP contribution >= 0.6 is 0 Å². The van der Waals surface area contributed by atoms with Crippen LogP contribution in [0.3, 0.4) is 0 Å². The number of fused-ring (bicyclic) bond motifs is 1. The molecule has 0 aliphatic rings. The van der Waals surface area contributed by atoms with Crippen molar-refractivity contribution in [2.45, 2.75) is 13.8 Å². The lowest BCUT2D eigenvalue weighted by Gasteiger charge is -1.93. The molecule has 0 saturated heterocycles. The van der Waals surface area contributed by atoms with E-state index in [1.807, 2.05) is 25.1 Å². The maximum atomic E-state index is 5.67. The van der Waals surface area contributed by atoms with Gasteiger partial charge in [0.2, 0.25) is 0 Å². The molecule has 1 aromatic heterocycles. The minimum Gasteiger partial charge on any atom is -0.461 e. The molecule has 76 valence electrons. The molecule has 0 unspecified atom stereocenters. The molecular weight excluding hydrogens is 184 g/mol. The number of furan rings is 1. The van der Waals surface area contributed by atoms with E-state index in [1.54, 1.807) is 6.08 Å². The first-order valence-corrected chi connectivity index (χ1v) is 5.01. The van der Waals surface area contributed by atoms with E-state index >= 15 is 0 Å². The molecule has 0 atom stereocenters. The van der Waals surface area contributed by atoms with E-state index in [9.17, 15) is 0 Å². The summed E-state index contributed by atoms with van der Waals surface area (Å²) < 4.78 is 5.67. The number of benzene rings is 1. The summed E-state index contributed by atoms with van der Waals surface area (Å²) in [6, 6.07) is 6.23. The fraction of sp³-hybridized carbons (Fsp3) is 0.143. The number of rotatable bonds is 2. The Morgan fingerprint density at radius 2 is 2.07 bits per heavy atom. The van der Waals surface area contributed by atoms with Crippen LogP contribution in [0.5, 0.6) is 0 Å². The van der Waals surface area contributed by atoms with E-state index in [4.69, 9.17) is 4.42 Å². The van der Waals surface area contributed by atoms with Gasteiger partial charge in [-0.05, 0) is 26.0 Å². The van der Waals surface area contributed by atoms with Crippen LogP contribution in [-0.4, -0.2) is 0 Å². The zero-order valence-electron chi connectivity index (χ0n) is 9.08. The first-order valence-electron chi connectivity index (χ1n) is 5.01. The summed E-state index contributed by atoms with van der Waals surface area (Å²) in [4.78, 5) is 0. The summed E-state index contributed by atoms with van der Waals surface area (Å²) in [5.41, 5.74) is 3.34. The molecule has 0 aliphatic heterocycles. The van der Waals surface area contributed by atoms with Gasteiger partial charge in [0, 0.05) is 10.9 Å². The lowest BCUT2D eigenvalue weighted by Crippen LogP contribution is -1.74. The molecule has 0 bridgehead atoms. The van der Waals surface area contributed by atoms with Crippen LogP contribution in [0, 0.1) is 13.8 Å². The second kappa shape index (κ2) is 3.77. The van der Waals surface area contributed by atoms with E-state index in [1.165, 1.54) is 10.9 Å². The van der Waals surface area contributed by atoms with E-state index < -0.39 is 0 Å². The molecule has 0 spiro atoms. The molecule has 1 heterocycles. The highest BCUT2D eigenvalue weighted by atomic mass is 16.3. The fourth-order valence-electron chi connectivity index (χ4n) is 1.72. The third-order valence-electron chi connectivity index (χ3n) is 2.47. The summed E-state index contributed by atoms with van der Waals surface area (Å²) in [5, 5.41) is 1.17. The van der Waals surface area contributed by atoms with Gasteiger partial charge in [-0.3, -0.25) is 0 Å². The standard InChI is InChI=1S/C14H14O/c1-4-5-6-12-11(3)15-14-8-7-10(2)9-13(12)14/h4-9H,1H2,2-3H3/b6-5-. The van der Waals surface area contributed by atoms with E-state index in [0.717, 1.165) is 16.9 Å². The summed E-state index contributed by atoms with van der Waals surface area (Å²) in [6.07, 6.45) is 5.74. The minimum atomic E-state index is 0.946. The SMILES string of the molecule is C=C/C=C\c1c(C)oc2ccc(C)cc12. The lowest BCUT2D eigenvalue weighted by molar-refractivity contribution is 0.577. The molecule has 0 radical (unpaired) electrons. The van der Waals surface area contributed by atoms with Crippen molar-refractivity contribution < 1.29 is 4.42 Å². The number of hydrogen-bond donors (Lipinski definition) is 0. The number of aryl methyl sites for hydroxylation is 2. The van der Waals surface area contributed by atoms with Crippen molar-refractivity contribution in [2.75, 3.05) is 0 Å². The quantitative estimate of drug-likeness (QED) is 0.657. The third-order valence-corrected chi connectivity index (χ3v) is 2.47. The lowest BCUT2D eigenvalue weighted by atomic mass is 10.1. The van der Waals surface area contributed by atoms with Gasteiger partial charge in [-0.2, -0.15) is 0 Å². The maximum absolute atomic E-state index is 5.67. The largest absolute Gasteiger partial charge is 0.461 e. The Kier molecular flexibility index (Phi) is 2.46. The van der Waals surface area contributed by atoms with Gasteiger partial charge in [0.15, 0.2) is 0 Å². The normalized spacial score (nSPS) is 11.3. The van der Waals surface area contributed by atoms with Crippen LogP contribution in [0.4, 0.5) is 0 Å². The van der Waals surface area contributed by atoms with E-state index in [-0.39, 0.29) is 0 Å². The Labute approximate surface area is 89.7 Å². The molecule has 2 aromatic rings. The molecule has 1 nitrogen and oxygen atoms in total. The van der Waals surface area contributed by atoms with Crippen molar-refractivity contribution in [1.82, 2.24) is 0 Å². The molecule has 0 saturated carbocycles. The average molecular weight is 198 g/mol. The Hall–Kier alpha value is -1.76. The van der Waals surface area contributed by atoms with Gasteiger partial charge in [-0.25, -0.2) is 0 Å². The van der Waals surface area contributed by atoms with Crippen molar-refractivity contribution in [1.29, 1.82) is 0 Å². The summed E-state index contributed by atoms with van der Waals surface area (Å²) >= 11 is 0. The molecule has 0 N–H and O–H groups in total. The molecule has 1 heteroatoms. The van der Waals surface area contributed by atoms with Crippen LogP contribution in [0.25, 0.3) is 17.0 Å². The topological polar surface area (TPSA) is 13.1 Å². The molecule has 2 rings (SSSR count). The Balaban J connectivity index is 2.70. The smallest absolute Gasteiger partial charge is 0.134 e. The van der Waals surface area contributed by atoms with Gasteiger partial charge in [-0.15, -0.1) is 0 Å². The van der Waals surface area contributed by atoms with E-state index in [2.05, 4.69) is 25.6 Å². The van der Waals surface area contributed by atoms with Gasteiger partial charge < -0.3 is 4.42 Å². The number of hydrogen-bond acceptors (Lipinski definition) is 1. The Morgan fingerprint density at radius 3 is 2.80 bits per heavy atom. The maximum Gasteiger partial charge on any atom is 0.134 e. The van der Waals surface area contributed by atoms with Crippen molar-refractivity contribution >= 4 is 17.0 Å². The highest BCUT2D eigenvalue weighted by Gasteiger charge is 2.07. The van der Waals surface area contributed by atoms with Crippen molar-refractivity contribution in [3.05, 3.63) is 53.8 Å². The van der Waals surface area contributed by atoms with Crippen LogP contribution in [0.15, 0.2) is 41.3 Å². The van der Waals surface area contributed by atoms with Crippen molar-refractivity contribution in [2.24, 2.45) is 0 Å². The summed E-state index contributed by atoms with van der Waals surface area (Å²) in [5.74, 6) is 0.952. The summed E-state index contributed by atoms with van der Waals surface area (Å²) in [6.45, 7) is 7.74. The third kappa shape index (κ3) is 1.73. The second-order valence-electron chi connectivity index (χ2n) is 3.67. The predicted octanol–water partition coefficient (Wildman–Crippen LogP) is 4.25. The van der Waals surface area contributed by atoms with Crippen LogP contribution in [0.2, 0.25) is 0 Å². The Morgan fingerprint density at radius 1 is 1.27 bits per heavy atom. The zero-order valence-corrected chi connectivity index (χ0v) is 9.08. The van der Waals surface area contributed by atoms with Gasteiger partial charge in [0.1, 0.15) is 11.3 Å².